The van der Waals surface area contributed by atoms with E-state index in [9.17, 15) is 4.79 Å². The van der Waals surface area contributed by atoms with Gasteiger partial charge in [0.1, 0.15) is 17.2 Å². The van der Waals surface area contributed by atoms with Crippen LogP contribution in [-0.4, -0.2) is 25.2 Å². The summed E-state index contributed by atoms with van der Waals surface area (Å²) in [5, 5.41) is 4.25. The van der Waals surface area contributed by atoms with Crippen molar-refractivity contribution < 1.29 is 14.3 Å². The van der Waals surface area contributed by atoms with Gasteiger partial charge in [-0.05, 0) is 36.4 Å². The molecule has 1 N–H and O–H groups in total. The maximum Gasteiger partial charge on any atom is 0.212 e. The number of ether oxygens (including phenoxy) is 2. The van der Waals surface area contributed by atoms with Crippen LogP contribution in [0, 0.1) is 0 Å². The van der Waals surface area contributed by atoms with Crippen molar-refractivity contribution in [2.45, 2.75) is 6.42 Å². The number of methoxy groups -OCH3 is 1. The van der Waals surface area contributed by atoms with Gasteiger partial charge in [0.05, 0.1) is 25.0 Å². The Kier molecular flexibility index (Phi) is 4.05. The molecule has 0 saturated heterocycles. The van der Waals surface area contributed by atoms with Gasteiger partial charge in [-0.1, -0.05) is 12.1 Å². The summed E-state index contributed by atoms with van der Waals surface area (Å²) in [4.78, 5) is 12.5. The average Bonchev–Trinajstić information content (AvgIpc) is 2.73. The van der Waals surface area contributed by atoms with Crippen LogP contribution < -0.4 is 14.9 Å². The third-order valence-corrected chi connectivity index (χ3v) is 3.40. The second-order valence-electron chi connectivity index (χ2n) is 4.82. The second kappa shape index (κ2) is 6.30. The number of hydrogen-bond donors (Lipinski definition) is 1. The van der Waals surface area contributed by atoms with E-state index in [-0.39, 0.29) is 5.78 Å². The van der Waals surface area contributed by atoms with Gasteiger partial charge in [0.2, 0.25) is 5.78 Å². The molecule has 0 fully saturated rings. The first-order valence-electron chi connectivity index (χ1n) is 7.01. The molecule has 5 heteroatoms. The zero-order chi connectivity index (χ0) is 15.4. The molecule has 1 aliphatic rings. The van der Waals surface area contributed by atoms with E-state index in [4.69, 9.17) is 9.47 Å². The molecule has 0 unspecified atom stereocenters. The maximum absolute atomic E-state index is 12.5. The molecule has 0 saturated carbocycles. The van der Waals surface area contributed by atoms with E-state index in [0.29, 0.717) is 30.1 Å². The first kappa shape index (κ1) is 14.1. The van der Waals surface area contributed by atoms with Crippen molar-refractivity contribution in [3.8, 4) is 11.5 Å². The van der Waals surface area contributed by atoms with Crippen LogP contribution in [0.2, 0.25) is 0 Å². The van der Waals surface area contributed by atoms with E-state index >= 15 is 0 Å². The third-order valence-electron chi connectivity index (χ3n) is 3.40. The number of ketones is 1. The molecule has 3 rings (SSSR count). The predicted octanol–water partition coefficient (Wildman–Crippen LogP) is 3.13. The quantitative estimate of drug-likeness (QED) is 0.884. The van der Waals surface area contributed by atoms with Crippen molar-refractivity contribution in [1.82, 2.24) is 0 Å². The molecule has 2 aromatic rings. The Hall–Kier alpha value is -2.82. The van der Waals surface area contributed by atoms with Crippen molar-refractivity contribution in [1.29, 1.82) is 0 Å². The molecular formula is C17H16N2O3. The number of nitrogens with one attached hydrogen (secondary N) is 1. The van der Waals surface area contributed by atoms with Crippen molar-refractivity contribution in [3.63, 3.8) is 0 Å². The number of Topliss-reactive ketones (excluding diaryl/α,β-unsaturated/α-hetero) is 1. The van der Waals surface area contributed by atoms with Crippen molar-refractivity contribution in [2.75, 3.05) is 19.1 Å². The number of anilines is 1. The monoisotopic (exact) mass is 296 g/mol. The third kappa shape index (κ3) is 2.93. The van der Waals surface area contributed by atoms with Gasteiger partial charge in [-0.3, -0.25) is 10.2 Å². The van der Waals surface area contributed by atoms with Gasteiger partial charge in [0, 0.05) is 6.42 Å². The first-order valence-corrected chi connectivity index (χ1v) is 7.01. The molecule has 0 radical (unpaired) electrons. The minimum Gasteiger partial charge on any atom is -0.497 e. The number of hydrogen-bond acceptors (Lipinski definition) is 5. The number of carbonyl (C=O) groups excluding carboxylic acids is 1. The van der Waals surface area contributed by atoms with Crippen LogP contribution in [0.1, 0.15) is 16.8 Å². The Labute approximate surface area is 128 Å². The van der Waals surface area contributed by atoms with Crippen molar-refractivity contribution in [2.24, 2.45) is 5.10 Å². The highest BCUT2D eigenvalue weighted by Crippen LogP contribution is 2.23. The standard InChI is InChI=1S/C17H16N2O3/c1-21-13-8-6-12(7-9-13)18-19-15-10-11-22-16-5-3-2-4-14(16)17(15)20/h2-9,18H,10-11H2,1H3/b19-15-. The number of fused-ring (bicyclic) bond motifs is 1. The van der Waals surface area contributed by atoms with Crippen LogP contribution in [0.15, 0.2) is 53.6 Å². The lowest BCUT2D eigenvalue weighted by Gasteiger charge is -2.05. The Morgan fingerprint density at radius 2 is 1.91 bits per heavy atom. The van der Waals surface area contributed by atoms with Crippen molar-refractivity contribution >= 4 is 17.2 Å². The van der Waals surface area contributed by atoms with Gasteiger partial charge in [0.15, 0.2) is 0 Å². The maximum atomic E-state index is 12.5. The minimum atomic E-state index is -0.103. The zero-order valence-corrected chi connectivity index (χ0v) is 12.2. The summed E-state index contributed by atoms with van der Waals surface area (Å²) in [6.07, 6.45) is 0.469. The molecule has 5 nitrogen and oxygen atoms in total. The predicted molar refractivity (Wildman–Crippen MR) is 84.9 cm³/mol. The summed E-state index contributed by atoms with van der Waals surface area (Å²) >= 11 is 0. The number of rotatable bonds is 3. The Bertz CT molecular complexity index is 708. The highest BCUT2D eigenvalue weighted by molar-refractivity contribution is 6.46. The number of para-hydroxylation sites is 1. The molecular weight excluding hydrogens is 280 g/mol. The van der Waals surface area contributed by atoms with Gasteiger partial charge >= 0.3 is 0 Å². The normalized spacial score (nSPS) is 15.7. The Balaban J connectivity index is 1.80. The van der Waals surface area contributed by atoms with Crippen LogP contribution in [-0.2, 0) is 0 Å². The summed E-state index contributed by atoms with van der Waals surface area (Å²) in [6, 6.07) is 14.6. The van der Waals surface area contributed by atoms with Crippen LogP contribution in [0.25, 0.3) is 0 Å². The summed E-state index contributed by atoms with van der Waals surface area (Å²) in [7, 11) is 1.62. The highest BCUT2D eigenvalue weighted by Gasteiger charge is 2.22. The van der Waals surface area contributed by atoms with Gasteiger partial charge in [-0.15, -0.1) is 0 Å². The van der Waals surface area contributed by atoms with Gasteiger partial charge in [-0.2, -0.15) is 5.10 Å². The van der Waals surface area contributed by atoms with Crippen molar-refractivity contribution in [3.05, 3.63) is 54.1 Å². The second-order valence-corrected chi connectivity index (χ2v) is 4.82. The fourth-order valence-corrected chi connectivity index (χ4v) is 2.21. The Morgan fingerprint density at radius 3 is 2.68 bits per heavy atom. The number of benzene rings is 2. The van der Waals surface area contributed by atoms with Crippen LogP contribution in [0.5, 0.6) is 11.5 Å². The molecule has 0 aromatic heterocycles. The molecule has 0 aliphatic carbocycles. The fraction of sp³-hybridized carbons (Fsp3) is 0.176. The highest BCUT2D eigenvalue weighted by atomic mass is 16.5. The summed E-state index contributed by atoms with van der Waals surface area (Å²) in [5.74, 6) is 1.28. The van der Waals surface area contributed by atoms with Gasteiger partial charge in [0.25, 0.3) is 0 Å². The molecule has 1 aliphatic heterocycles. The smallest absolute Gasteiger partial charge is 0.212 e. The lowest BCUT2D eigenvalue weighted by atomic mass is 10.1. The van der Waals surface area contributed by atoms with E-state index in [2.05, 4.69) is 10.5 Å². The molecule has 22 heavy (non-hydrogen) atoms. The van der Waals surface area contributed by atoms with E-state index in [1.54, 1.807) is 19.2 Å². The fourth-order valence-electron chi connectivity index (χ4n) is 2.21. The van der Waals surface area contributed by atoms with Crippen LogP contribution in [0.3, 0.4) is 0 Å². The molecule has 0 spiro atoms. The SMILES string of the molecule is COc1ccc(N/N=C2/CCOc3ccccc3C2=O)cc1. The molecule has 0 atom stereocenters. The van der Waals surface area contributed by atoms with E-state index < -0.39 is 0 Å². The van der Waals surface area contributed by atoms with E-state index in [1.807, 2.05) is 36.4 Å². The molecule has 0 amide bonds. The largest absolute Gasteiger partial charge is 0.497 e. The molecule has 2 aromatic carbocycles. The average molecular weight is 296 g/mol. The zero-order valence-electron chi connectivity index (χ0n) is 12.2. The molecule has 1 heterocycles. The number of nitrogens with zero attached hydrogens (tertiary/aromatic N) is 1. The summed E-state index contributed by atoms with van der Waals surface area (Å²) in [5.41, 5.74) is 4.71. The summed E-state index contributed by atoms with van der Waals surface area (Å²) in [6.45, 7) is 0.436. The Morgan fingerprint density at radius 1 is 1.14 bits per heavy atom. The lowest BCUT2D eigenvalue weighted by Crippen LogP contribution is -2.15. The number of hydrazone groups is 1. The lowest BCUT2D eigenvalue weighted by molar-refractivity contribution is 0.106. The topological polar surface area (TPSA) is 59.9 Å². The van der Waals surface area contributed by atoms with Gasteiger partial charge < -0.3 is 9.47 Å². The molecule has 0 bridgehead atoms. The van der Waals surface area contributed by atoms with E-state index in [0.717, 1.165) is 11.4 Å². The summed E-state index contributed by atoms with van der Waals surface area (Å²) < 4.78 is 10.7. The van der Waals surface area contributed by atoms with Gasteiger partial charge in [-0.25, -0.2) is 0 Å². The van der Waals surface area contributed by atoms with Crippen LogP contribution >= 0.6 is 0 Å². The number of carbonyl (C=O) groups is 1. The minimum absolute atomic E-state index is 0.103. The molecule has 112 valence electrons. The van der Waals surface area contributed by atoms with E-state index in [1.165, 1.54) is 0 Å². The van der Waals surface area contributed by atoms with Crippen LogP contribution in [0.4, 0.5) is 5.69 Å². The first-order chi connectivity index (χ1) is 10.8.